The van der Waals surface area contributed by atoms with Crippen LogP contribution in [0.3, 0.4) is 0 Å². The van der Waals surface area contributed by atoms with Crippen LogP contribution in [-0.2, 0) is 47.9 Å². The molecule has 0 radical (unpaired) electrons. The Hall–Kier alpha value is -5.72. The van der Waals surface area contributed by atoms with Gasteiger partial charge in [0.1, 0.15) is 36.3 Å². The number of carbonyl (C=O) groups is 10. The monoisotopic (exact) mass is 888 g/mol. The fourth-order valence-corrected chi connectivity index (χ4v) is 6.01. The third-order valence-corrected chi connectivity index (χ3v) is 9.19. The summed E-state index contributed by atoms with van der Waals surface area (Å²) in [4.78, 5) is 131. The number of guanidine groups is 1. The number of carbonyl (C=O) groups excluding carboxylic acids is 8. The Morgan fingerprint density at radius 2 is 1.16 bits per heavy atom. The molecule has 25 heteroatoms. The molecule has 17 N–H and O–H groups in total. The third kappa shape index (κ3) is 25.5. The molecule has 0 fully saturated rings. The second-order valence-electron chi connectivity index (χ2n) is 14.4. The van der Waals surface area contributed by atoms with E-state index in [1.807, 2.05) is 0 Å². The van der Waals surface area contributed by atoms with Gasteiger partial charge < -0.3 is 70.4 Å². The third-order valence-electron chi connectivity index (χ3n) is 8.55. The summed E-state index contributed by atoms with van der Waals surface area (Å²) in [5.41, 5.74) is 21.4. The van der Waals surface area contributed by atoms with E-state index in [0.717, 1.165) is 0 Å². The van der Waals surface area contributed by atoms with Crippen LogP contribution in [0.25, 0.3) is 0 Å². The summed E-state index contributed by atoms with van der Waals surface area (Å²) in [7, 11) is 0. The van der Waals surface area contributed by atoms with E-state index in [-0.39, 0.29) is 62.7 Å². The van der Waals surface area contributed by atoms with E-state index in [1.165, 1.54) is 18.7 Å². The molecule has 24 nitrogen and oxygen atoms in total. The normalized spacial score (nSPS) is 13.7. The highest BCUT2D eigenvalue weighted by molar-refractivity contribution is 7.98. The Bertz CT molecular complexity index is 1550. The van der Waals surface area contributed by atoms with Crippen LogP contribution in [0.5, 0.6) is 0 Å². The van der Waals surface area contributed by atoms with Gasteiger partial charge in [0.15, 0.2) is 5.96 Å². The van der Waals surface area contributed by atoms with E-state index in [0.29, 0.717) is 19.4 Å². The molecule has 0 spiro atoms. The summed E-state index contributed by atoms with van der Waals surface area (Å²) >= 11 is 1.30. The first-order valence-electron chi connectivity index (χ1n) is 19.6. The second kappa shape index (κ2) is 30.3. The molecule has 0 aromatic carbocycles. The maximum absolute atomic E-state index is 13.7. The lowest BCUT2D eigenvalue weighted by molar-refractivity contribution is -0.142. The number of hydrogen-bond acceptors (Lipinski definition) is 13. The molecular weight excluding hydrogens is 825 g/mol. The van der Waals surface area contributed by atoms with Crippen LogP contribution in [0.4, 0.5) is 0 Å². The van der Waals surface area contributed by atoms with Crippen molar-refractivity contribution < 1.29 is 58.2 Å². The number of rotatable bonds is 32. The second-order valence-corrected chi connectivity index (χ2v) is 15.4. The minimum absolute atomic E-state index is 0.0200. The smallest absolute Gasteiger partial charge is 0.326 e. The zero-order chi connectivity index (χ0) is 46.7. The predicted octanol–water partition coefficient (Wildman–Crippen LogP) is -4.16. The van der Waals surface area contributed by atoms with Crippen LogP contribution in [0.1, 0.15) is 85.0 Å². The van der Waals surface area contributed by atoms with Gasteiger partial charge in [-0.15, -0.1) is 0 Å². The molecule has 0 aromatic rings. The van der Waals surface area contributed by atoms with E-state index < -0.39 is 115 Å². The molecule has 6 atom stereocenters. The first kappa shape index (κ1) is 55.3. The molecular formula is C36H64N12O12S. The van der Waals surface area contributed by atoms with Gasteiger partial charge in [-0.3, -0.25) is 48.1 Å². The Balaban J connectivity index is 6.16. The first-order valence-corrected chi connectivity index (χ1v) is 21.0. The minimum Gasteiger partial charge on any atom is -0.481 e. The number of aliphatic imine (C=N–C) groups is 1. The predicted molar refractivity (Wildman–Crippen MR) is 224 cm³/mol. The van der Waals surface area contributed by atoms with Crippen molar-refractivity contribution in [3.05, 3.63) is 0 Å². The van der Waals surface area contributed by atoms with Crippen LogP contribution in [0, 0.1) is 5.92 Å². The molecule has 0 saturated heterocycles. The number of unbranched alkanes of at least 4 members (excludes halogenated alkanes) is 1. The lowest BCUT2D eigenvalue weighted by Gasteiger charge is -2.27. The zero-order valence-electron chi connectivity index (χ0n) is 35.1. The summed E-state index contributed by atoms with van der Waals surface area (Å²) in [6, 6.07) is -8.32. The van der Waals surface area contributed by atoms with Crippen LogP contribution in [-0.4, -0.2) is 143 Å². The molecule has 0 unspecified atom stereocenters. The fraction of sp³-hybridized carbons (Fsp3) is 0.694. The summed E-state index contributed by atoms with van der Waals surface area (Å²) in [6.07, 6.45) is 1.39. The summed E-state index contributed by atoms with van der Waals surface area (Å²) in [5.74, 6) is -9.70. The van der Waals surface area contributed by atoms with E-state index in [4.69, 9.17) is 22.9 Å². The number of nitrogens with one attached hydrogen (secondary N) is 7. The van der Waals surface area contributed by atoms with Gasteiger partial charge in [-0.1, -0.05) is 13.8 Å². The fourth-order valence-electron chi connectivity index (χ4n) is 5.54. The average molecular weight is 889 g/mol. The number of hydrogen-bond donors (Lipinski definition) is 13. The lowest BCUT2D eigenvalue weighted by atomic mass is 10.0. The van der Waals surface area contributed by atoms with Crippen molar-refractivity contribution in [2.24, 2.45) is 33.8 Å². The van der Waals surface area contributed by atoms with Gasteiger partial charge >= 0.3 is 11.9 Å². The number of aliphatic carboxylic acids is 2. The van der Waals surface area contributed by atoms with Gasteiger partial charge in [-0.25, -0.2) is 4.79 Å². The van der Waals surface area contributed by atoms with E-state index in [9.17, 15) is 58.2 Å². The number of thioether (sulfide) groups is 1. The van der Waals surface area contributed by atoms with Crippen molar-refractivity contribution in [1.82, 2.24) is 37.2 Å². The molecule has 0 aliphatic rings. The van der Waals surface area contributed by atoms with Crippen molar-refractivity contribution >= 4 is 76.9 Å². The average Bonchev–Trinajstić information content (AvgIpc) is 3.16. The van der Waals surface area contributed by atoms with Crippen molar-refractivity contribution in [2.75, 3.05) is 31.6 Å². The van der Waals surface area contributed by atoms with Gasteiger partial charge in [0.05, 0.1) is 13.0 Å². The standard InChI is InChI=1S/C36H64N12O12S/c1-19(2)16-25(30(54)42-18-28(51)44-24(35(59)60)9-7-14-41-36(39)40)47-32(56)22(10-11-27(38)50)45-33(57)23(12-15-61-4)46-34(58)26(17-29(52)53)48-31(55)21(43-20(3)49)8-5-6-13-37/h19,21-26H,5-18,37H2,1-4H3,(H2,38,50)(H,42,54)(H,43,49)(H,44,51)(H,45,57)(H,46,58)(H,47,56)(H,48,55)(H,52,53)(H,59,60)(H4,39,40,41)/t21-,22-,23-,24-,25-,26-/m0/s1. The SMILES string of the molecule is CSCC[C@H](NC(=O)[C@H](CC(=O)O)NC(=O)[C@H](CCCCN)NC(C)=O)C(=O)N[C@@H](CCC(N)=O)C(=O)N[C@@H](CC(C)C)C(=O)NCC(=O)N[C@@H](CCCN=C(N)N)C(=O)O. The molecule has 346 valence electrons. The summed E-state index contributed by atoms with van der Waals surface area (Å²) < 4.78 is 0. The quantitative estimate of drug-likeness (QED) is 0.0173. The number of primary amides is 1. The minimum atomic E-state index is -1.70. The Kier molecular flexibility index (Phi) is 27.5. The Morgan fingerprint density at radius 3 is 1.66 bits per heavy atom. The Morgan fingerprint density at radius 1 is 0.639 bits per heavy atom. The van der Waals surface area contributed by atoms with Crippen LogP contribution >= 0.6 is 11.8 Å². The van der Waals surface area contributed by atoms with Gasteiger partial charge in [0.25, 0.3) is 0 Å². The zero-order valence-corrected chi connectivity index (χ0v) is 35.9. The topological polar surface area (TPSA) is 412 Å². The number of nitrogens with two attached hydrogens (primary N) is 4. The van der Waals surface area contributed by atoms with Gasteiger partial charge in [-0.2, -0.15) is 11.8 Å². The van der Waals surface area contributed by atoms with Gasteiger partial charge in [0, 0.05) is 19.9 Å². The van der Waals surface area contributed by atoms with Crippen molar-refractivity contribution in [3.63, 3.8) is 0 Å². The van der Waals surface area contributed by atoms with E-state index >= 15 is 0 Å². The molecule has 0 rings (SSSR count). The van der Waals surface area contributed by atoms with E-state index in [2.05, 4.69) is 42.2 Å². The summed E-state index contributed by atoms with van der Waals surface area (Å²) in [5, 5.41) is 35.9. The largest absolute Gasteiger partial charge is 0.481 e. The van der Waals surface area contributed by atoms with Crippen molar-refractivity contribution in [3.8, 4) is 0 Å². The molecule has 0 heterocycles. The number of carboxylic acids is 2. The number of amides is 8. The van der Waals surface area contributed by atoms with Crippen LogP contribution in [0.15, 0.2) is 4.99 Å². The highest BCUT2D eigenvalue weighted by Crippen LogP contribution is 2.10. The van der Waals surface area contributed by atoms with Crippen LogP contribution < -0.4 is 60.2 Å². The highest BCUT2D eigenvalue weighted by Gasteiger charge is 2.33. The maximum atomic E-state index is 13.7. The number of nitrogens with zero attached hydrogens (tertiary/aromatic N) is 1. The molecule has 61 heavy (non-hydrogen) atoms. The number of carboxylic acid groups (broad SMARTS) is 2. The highest BCUT2D eigenvalue weighted by atomic mass is 32.2. The molecule has 0 aliphatic carbocycles. The van der Waals surface area contributed by atoms with Crippen molar-refractivity contribution in [2.45, 2.75) is 121 Å². The Labute approximate surface area is 358 Å². The van der Waals surface area contributed by atoms with Crippen LogP contribution in [0.2, 0.25) is 0 Å². The molecule has 0 bridgehead atoms. The first-order chi connectivity index (χ1) is 28.6. The maximum Gasteiger partial charge on any atom is 0.326 e. The van der Waals surface area contributed by atoms with Gasteiger partial charge in [0.2, 0.25) is 47.3 Å². The van der Waals surface area contributed by atoms with E-state index in [1.54, 1.807) is 20.1 Å². The van der Waals surface area contributed by atoms with Gasteiger partial charge in [-0.05, 0) is 75.8 Å². The van der Waals surface area contributed by atoms with Crippen molar-refractivity contribution in [1.29, 1.82) is 0 Å². The molecule has 8 amide bonds. The molecule has 0 aromatic heterocycles. The molecule has 0 saturated carbocycles. The summed E-state index contributed by atoms with van der Waals surface area (Å²) in [6.45, 7) is 4.44. The lowest BCUT2D eigenvalue weighted by Crippen LogP contribution is -2.59. The molecule has 0 aliphatic heterocycles.